The van der Waals surface area contributed by atoms with Gasteiger partial charge in [-0.2, -0.15) is 0 Å². The van der Waals surface area contributed by atoms with Crippen LogP contribution in [-0.2, 0) is 27.3 Å². The molecule has 0 atom stereocenters. The number of amides is 2. The summed E-state index contributed by atoms with van der Waals surface area (Å²) in [4.78, 5) is 28.9. The van der Waals surface area contributed by atoms with Gasteiger partial charge in [-0.15, -0.1) is 0 Å². The lowest BCUT2D eigenvalue weighted by Gasteiger charge is -2.30. The van der Waals surface area contributed by atoms with E-state index < -0.39 is 0 Å². The predicted octanol–water partition coefficient (Wildman–Crippen LogP) is 3.18. The van der Waals surface area contributed by atoms with Gasteiger partial charge in [0, 0.05) is 19.7 Å². The van der Waals surface area contributed by atoms with Crippen molar-refractivity contribution in [1.82, 2.24) is 9.80 Å². The molecule has 0 aliphatic rings. The first kappa shape index (κ1) is 22.6. The fourth-order valence-electron chi connectivity index (χ4n) is 2.93. The molecule has 7 heteroatoms. The number of nitrogens with zero attached hydrogens (tertiary/aromatic N) is 2. The first-order valence-corrected chi connectivity index (χ1v) is 9.66. The molecule has 0 radical (unpaired) electrons. The Kier molecular flexibility index (Phi) is 8.39. The van der Waals surface area contributed by atoms with Gasteiger partial charge in [-0.05, 0) is 50.6 Å². The smallest absolute Gasteiger partial charge is 0.242 e. The molecule has 0 aliphatic carbocycles. The number of rotatable bonds is 10. The molecule has 0 bridgehead atoms. The van der Waals surface area contributed by atoms with Crippen LogP contribution in [0.5, 0.6) is 0 Å². The van der Waals surface area contributed by atoms with Gasteiger partial charge in [0.05, 0.1) is 19.6 Å². The van der Waals surface area contributed by atoms with E-state index in [9.17, 15) is 14.0 Å². The second-order valence-electron chi connectivity index (χ2n) is 7.24. The van der Waals surface area contributed by atoms with E-state index in [4.69, 9.17) is 9.15 Å². The standard InChI is InChI=1S/C22H29FN2O4/c1-16(2)25(21(26)13-18-6-8-19(23)9-7-18)15-22(27)24(11-12-28-4)14-20-10-5-17(3)29-20/h5-10,16H,11-15H2,1-4H3. The van der Waals surface area contributed by atoms with Crippen LogP contribution in [0.4, 0.5) is 4.39 Å². The SMILES string of the molecule is COCCN(Cc1ccc(C)o1)C(=O)CN(C(=O)Cc1ccc(F)cc1)C(C)C. The van der Waals surface area contributed by atoms with Gasteiger partial charge in [0.15, 0.2) is 0 Å². The number of aryl methyl sites for hydroxylation is 1. The number of hydrogen-bond donors (Lipinski definition) is 0. The Morgan fingerprint density at radius 1 is 1.10 bits per heavy atom. The van der Waals surface area contributed by atoms with Crippen LogP contribution in [0.25, 0.3) is 0 Å². The second-order valence-corrected chi connectivity index (χ2v) is 7.24. The first-order valence-electron chi connectivity index (χ1n) is 9.66. The Balaban J connectivity index is 2.07. The molecule has 2 aromatic rings. The molecule has 158 valence electrons. The lowest BCUT2D eigenvalue weighted by Crippen LogP contribution is -2.46. The van der Waals surface area contributed by atoms with Crippen LogP contribution in [-0.4, -0.2) is 54.5 Å². The van der Waals surface area contributed by atoms with E-state index in [0.29, 0.717) is 31.0 Å². The van der Waals surface area contributed by atoms with E-state index in [1.165, 1.54) is 12.1 Å². The van der Waals surface area contributed by atoms with Gasteiger partial charge in [0.1, 0.15) is 23.9 Å². The van der Waals surface area contributed by atoms with E-state index in [-0.39, 0.29) is 36.6 Å². The summed E-state index contributed by atoms with van der Waals surface area (Å²) >= 11 is 0. The van der Waals surface area contributed by atoms with E-state index in [1.807, 2.05) is 32.9 Å². The molecular weight excluding hydrogens is 375 g/mol. The number of ether oxygens (including phenoxy) is 1. The predicted molar refractivity (Wildman–Crippen MR) is 108 cm³/mol. The zero-order valence-corrected chi connectivity index (χ0v) is 17.5. The Morgan fingerprint density at radius 2 is 1.79 bits per heavy atom. The first-order chi connectivity index (χ1) is 13.8. The van der Waals surface area contributed by atoms with Gasteiger partial charge >= 0.3 is 0 Å². The summed E-state index contributed by atoms with van der Waals surface area (Å²) in [5, 5.41) is 0. The van der Waals surface area contributed by atoms with Crippen molar-refractivity contribution in [1.29, 1.82) is 0 Å². The van der Waals surface area contributed by atoms with Crippen LogP contribution in [0.3, 0.4) is 0 Å². The Morgan fingerprint density at radius 3 is 2.34 bits per heavy atom. The molecule has 1 aromatic heterocycles. The van der Waals surface area contributed by atoms with Crippen LogP contribution in [0.2, 0.25) is 0 Å². The van der Waals surface area contributed by atoms with E-state index in [2.05, 4.69) is 0 Å². The van der Waals surface area contributed by atoms with Crippen molar-refractivity contribution in [2.75, 3.05) is 26.8 Å². The molecule has 1 heterocycles. The summed E-state index contributed by atoms with van der Waals surface area (Å²) < 4.78 is 23.8. The van der Waals surface area contributed by atoms with Gasteiger partial charge in [0.2, 0.25) is 11.8 Å². The molecule has 0 fully saturated rings. The maximum atomic E-state index is 13.1. The summed E-state index contributed by atoms with van der Waals surface area (Å²) in [5.74, 6) is 0.745. The van der Waals surface area contributed by atoms with Gasteiger partial charge in [-0.25, -0.2) is 4.39 Å². The van der Waals surface area contributed by atoms with Gasteiger partial charge in [-0.3, -0.25) is 9.59 Å². The largest absolute Gasteiger partial charge is 0.464 e. The third-order valence-electron chi connectivity index (χ3n) is 4.58. The zero-order chi connectivity index (χ0) is 21.4. The zero-order valence-electron chi connectivity index (χ0n) is 17.5. The van der Waals surface area contributed by atoms with Gasteiger partial charge in [-0.1, -0.05) is 12.1 Å². The number of furan rings is 1. The molecule has 2 rings (SSSR count). The maximum absolute atomic E-state index is 13.1. The van der Waals surface area contributed by atoms with Crippen LogP contribution in [0.1, 0.15) is 30.9 Å². The van der Waals surface area contributed by atoms with Gasteiger partial charge < -0.3 is 19.0 Å². The Labute approximate surface area is 171 Å². The molecule has 2 amide bonds. The van der Waals surface area contributed by atoms with Crippen LogP contribution in [0, 0.1) is 12.7 Å². The molecular formula is C22H29FN2O4. The number of benzene rings is 1. The normalized spacial score (nSPS) is 11.0. The van der Waals surface area contributed by atoms with E-state index in [0.717, 1.165) is 5.76 Å². The second kappa shape index (κ2) is 10.8. The summed E-state index contributed by atoms with van der Waals surface area (Å²) in [6, 6.07) is 9.34. The number of methoxy groups -OCH3 is 1. The number of carbonyl (C=O) groups is 2. The van der Waals surface area contributed by atoms with Crippen molar-refractivity contribution in [3.63, 3.8) is 0 Å². The van der Waals surface area contributed by atoms with Crippen molar-refractivity contribution in [2.24, 2.45) is 0 Å². The number of halogens is 1. The quantitative estimate of drug-likeness (QED) is 0.610. The maximum Gasteiger partial charge on any atom is 0.242 e. The van der Waals surface area contributed by atoms with Crippen molar-refractivity contribution in [3.05, 3.63) is 59.3 Å². The van der Waals surface area contributed by atoms with Crippen molar-refractivity contribution in [3.8, 4) is 0 Å². The molecule has 29 heavy (non-hydrogen) atoms. The molecule has 0 N–H and O–H groups in total. The molecule has 1 aromatic carbocycles. The highest BCUT2D eigenvalue weighted by atomic mass is 19.1. The summed E-state index contributed by atoms with van der Waals surface area (Å²) in [7, 11) is 1.58. The Bertz CT molecular complexity index is 801. The van der Waals surface area contributed by atoms with Gasteiger partial charge in [0.25, 0.3) is 0 Å². The molecule has 0 spiro atoms. The third-order valence-corrected chi connectivity index (χ3v) is 4.58. The minimum Gasteiger partial charge on any atom is -0.464 e. The lowest BCUT2D eigenvalue weighted by atomic mass is 10.1. The van der Waals surface area contributed by atoms with Crippen molar-refractivity contribution >= 4 is 11.8 Å². The molecule has 0 saturated heterocycles. The average molecular weight is 404 g/mol. The topological polar surface area (TPSA) is 63.0 Å². The van der Waals surface area contributed by atoms with Crippen LogP contribution < -0.4 is 0 Å². The van der Waals surface area contributed by atoms with Crippen LogP contribution >= 0.6 is 0 Å². The highest BCUT2D eigenvalue weighted by Crippen LogP contribution is 2.12. The summed E-state index contributed by atoms with van der Waals surface area (Å²) in [6.45, 7) is 6.63. The molecule has 0 saturated carbocycles. The fourth-order valence-corrected chi connectivity index (χ4v) is 2.93. The van der Waals surface area contributed by atoms with Crippen molar-refractivity contribution < 1.29 is 23.1 Å². The lowest BCUT2D eigenvalue weighted by molar-refractivity contribution is -0.142. The number of carbonyl (C=O) groups excluding carboxylic acids is 2. The minimum atomic E-state index is -0.348. The van der Waals surface area contributed by atoms with Crippen LogP contribution in [0.15, 0.2) is 40.8 Å². The summed E-state index contributed by atoms with van der Waals surface area (Å²) in [5.41, 5.74) is 0.705. The van der Waals surface area contributed by atoms with E-state index in [1.54, 1.807) is 29.0 Å². The third kappa shape index (κ3) is 7.02. The highest BCUT2D eigenvalue weighted by Gasteiger charge is 2.24. The minimum absolute atomic E-state index is 0.0406. The van der Waals surface area contributed by atoms with Crippen molar-refractivity contribution in [2.45, 2.75) is 39.8 Å². The number of hydrogen-bond acceptors (Lipinski definition) is 4. The summed E-state index contributed by atoms with van der Waals surface area (Å²) in [6.07, 6.45) is 0.112. The monoisotopic (exact) mass is 404 g/mol. The molecule has 6 nitrogen and oxygen atoms in total. The highest BCUT2D eigenvalue weighted by molar-refractivity contribution is 5.86. The molecule has 0 unspecified atom stereocenters. The molecule has 0 aliphatic heterocycles. The Hall–Kier alpha value is -2.67. The van der Waals surface area contributed by atoms with E-state index >= 15 is 0 Å². The average Bonchev–Trinajstić information content (AvgIpc) is 3.09. The fraction of sp³-hybridized carbons (Fsp3) is 0.455.